The molecule has 0 aromatic heterocycles. The molecule has 1 aliphatic heterocycles. The van der Waals surface area contributed by atoms with Gasteiger partial charge in [-0.25, -0.2) is 0 Å². The molecule has 1 atom stereocenters. The zero-order chi connectivity index (χ0) is 19.0. The first-order chi connectivity index (χ1) is 12.5. The number of rotatable bonds is 9. The summed E-state index contributed by atoms with van der Waals surface area (Å²) < 4.78 is 11.5. The summed E-state index contributed by atoms with van der Waals surface area (Å²) in [5.41, 5.74) is -0.0395. The van der Waals surface area contributed by atoms with Crippen LogP contribution in [0.3, 0.4) is 0 Å². The molecule has 1 heterocycles. The second-order valence-corrected chi connectivity index (χ2v) is 7.37. The zero-order valence-electron chi connectivity index (χ0n) is 16.7. The highest BCUT2D eigenvalue weighted by molar-refractivity contribution is 5.97. The molecule has 26 heavy (non-hydrogen) atoms. The first-order valence-corrected chi connectivity index (χ1v) is 9.87. The third-order valence-electron chi connectivity index (χ3n) is 5.28. The van der Waals surface area contributed by atoms with Gasteiger partial charge < -0.3 is 14.8 Å². The van der Waals surface area contributed by atoms with E-state index in [2.05, 4.69) is 17.1 Å². The summed E-state index contributed by atoms with van der Waals surface area (Å²) in [6.45, 7) is 12.5. The molecule has 0 radical (unpaired) electrons. The van der Waals surface area contributed by atoms with Gasteiger partial charge in [0.05, 0.1) is 0 Å². The Bertz CT molecular complexity index is 553. The van der Waals surface area contributed by atoms with Crippen molar-refractivity contribution in [2.24, 2.45) is 5.92 Å². The fourth-order valence-electron chi connectivity index (χ4n) is 3.12. The Labute approximate surface area is 158 Å². The highest BCUT2D eigenvalue weighted by Crippen LogP contribution is 2.21. The first kappa shape index (κ1) is 20.7. The Morgan fingerprint density at radius 2 is 1.88 bits per heavy atom. The number of anilines is 1. The average Bonchev–Trinajstić information content (AvgIpc) is 2.65. The number of nitrogens with zero attached hydrogens (tertiary/aromatic N) is 1. The summed E-state index contributed by atoms with van der Waals surface area (Å²) in [6, 6.07) is 7.55. The van der Waals surface area contributed by atoms with E-state index in [1.807, 2.05) is 45.0 Å². The van der Waals surface area contributed by atoms with Gasteiger partial charge in [0.1, 0.15) is 18.0 Å². The fraction of sp³-hybridized carbons (Fsp3) is 0.667. The second kappa shape index (κ2) is 9.93. The molecule has 1 aromatic carbocycles. The van der Waals surface area contributed by atoms with Crippen molar-refractivity contribution in [3.05, 3.63) is 24.3 Å². The molecule has 146 valence electrons. The third-order valence-corrected chi connectivity index (χ3v) is 5.28. The Balaban J connectivity index is 1.78. The van der Waals surface area contributed by atoms with E-state index in [1.54, 1.807) is 0 Å². The highest BCUT2D eigenvalue weighted by atomic mass is 16.5. The van der Waals surface area contributed by atoms with Crippen LogP contribution in [-0.4, -0.2) is 49.3 Å². The molecular formula is C21H34N2O3. The summed E-state index contributed by atoms with van der Waals surface area (Å²) in [5, 5.41) is 2.93. The van der Waals surface area contributed by atoms with Crippen molar-refractivity contribution in [2.75, 3.05) is 38.2 Å². The number of hydrogen-bond acceptors (Lipinski definition) is 4. The number of carbonyl (C=O) groups excluding carboxylic acids is 1. The van der Waals surface area contributed by atoms with Gasteiger partial charge in [-0.2, -0.15) is 0 Å². The lowest BCUT2D eigenvalue weighted by molar-refractivity contribution is -0.139. The van der Waals surface area contributed by atoms with Crippen LogP contribution in [0, 0.1) is 5.92 Å². The van der Waals surface area contributed by atoms with E-state index >= 15 is 0 Å². The molecule has 2 rings (SSSR count). The number of nitrogens with one attached hydrogen (secondary N) is 1. The van der Waals surface area contributed by atoms with Gasteiger partial charge in [-0.15, -0.1) is 0 Å². The summed E-state index contributed by atoms with van der Waals surface area (Å²) in [5.74, 6) is 1.57. The molecule has 0 aliphatic carbocycles. The molecule has 0 bridgehead atoms. The minimum atomic E-state index is -0.796. The molecule has 5 heteroatoms. The first-order valence-electron chi connectivity index (χ1n) is 9.87. The molecular weight excluding hydrogens is 328 g/mol. The van der Waals surface area contributed by atoms with Crippen LogP contribution in [0.4, 0.5) is 5.69 Å². The van der Waals surface area contributed by atoms with Crippen LogP contribution in [0.5, 0.6) is 5.75 Å². The molecule has 1 saturated heterocycles. The van der Waals surface area contributed by atoms with Gasteiger partial charge >= 0.3 is 0 Å². The minimum absolute atomic E-state index is 0.116. The van der Waals surface area contributed by atoms with Crippen molar-refractivity contribution in [2.45, 2.75) is 52.6 Å². The maximum Gasteiger partial charge on any atom is 0.256 e. The normalized spacial score (nSPS) is 18.3. The van der Waals surface area contributed by atoms with Crippen molar-refractivity contribution in [1.82, 2.24) is 4.90 Å². The topological polar surface area (TPSA) is 50.8 Å². The predicted octanol–water partition coefficient (Wildman–Crippen LogP) is 3.94. The maximum absolute atomic E-state index is 12.4. The number of piperidine rings is 1. The lowest BCUT2D eigenvalue weighted by atomic mass is 9.99. The lowest BCUT2D eigenvalue weighted by Gasteiger charge is -2.29. The number of benzene rings is 1. The highest BCUT2D eigenvalue weighted by Gasteiger charge is 2.31. The predicted molar refractivity (Wildman–Crippen MR) is 106 cm³/mol. The van der Waals surface area contributed by atoms with Gasteiger partial charge in [0.25, 0.3) is 5.91 Å². The van der Waals surface area contributed by atoms with Gasteiger partial charge in [0.15, 0.2) is 0 Å². The van der Waals surface area contributed by atoms with Crippen molar-refractivity contribution in [1.29, 1.82) is 0 Å². The summed E-state index contributed by atoms with van der Waals surface area (Å²) in [6.07, 6.45) is 3.20. The molecule has 1 fully saturated rings. The van der Waals surface area contributed by atoms with E-state index in [1.165, 1.54) is 25.9 Å². The summed E-state index contributed by atoms with van der Waals surface area (Å²) in [7, 11) is 0. The van der Waals surface area contributed by atoms with Gasteiger partial charge in [-0.05, 0) is 76.4 Å². The molecule has 1 N–H and O–H groups in total. The third kappa shape index (κ3) is 5.99. The number of hydrogen-bond donors (Lipinski definition) is 1. The largest absolute Gasteiger partial charge is 0.492 e. The Morgan fingerprint density at radius 1 is 1.23 bits per heavy atom. The molecule has 0 saturated carbocycles. The number of carbonyl (C=O) groups is 1. The number of ether oxygens (including phenoxy) is 2. The zero-order valence-corrected chi connectivity index (χ0v) is 16.7. The smallest absolute Gasteiger partial charge is 0.256 e. The molecule has 1 aliphatic rings. The van der Waals surface area contributed by atoms with Crippen molar-refractivity contribution >= 4 is 11.6 Å². The molecule has 1 amide bonds. The van der Waals surface area contributed by atoms with Gasteiger partial charge in [0, 0.05) is 18.8 Å². The van der Waals surface area contributed by atoms with Crippen LogP contribution < -0.4 is 10.1 Å². The Kier molecular flexibility index (Phi) is 7.91. The standard InChI is InChI=1S/C21H34N2O3/c1-5-21(4,26-6-2)20(24)22-18-7-9-19(10-8-18)25-16-15-23-13-11-17(3)12-14-23/h7-10,17H,5-6,11-16H2,1-4H3,(H,22,24)/t21-/m1/s1. The molecule has 0 unspecified atom stereocenters. The average molecular weight is 363 g/mol. The second-order valence-electron chi connectivity index (χ2n) is 7.37. The van der Waals surface area contributed by atoms with Crippen LogP contribution >= 0.6 is 0 Å². The van der Waals surface area contributed by atoms with Gasteiger partial charge in [-0.3, -0.25) is 9.69 Å². The van der Waals surface area contributed by atoms with Crippen LogP contribution in [-0.2, 0) is 9.53 Å². The quantitative estimate of drug-likeness (QED) is 0.723. The van der Waals surface area contributed by atoms with Crippen molar-refractivity contribution < 1.29 is 14.3 Å². The van der Waals surface area contributed by atoms with Crippen molar-refractivity contribution in [3.63, 3.8) is 0 Å². The molecule has 1 aromatic rings. The summed E-state index contributed by atoms with van der Waals surface area (Å²) >= 11 is 0. The van der Waals surface area contributed by atoms with E-state index in [4.69, 9.17) is 9.47 Å². The van der Waals surface area contributed by atoms with E-state index < -0.39 is 5.60 Å². The van der Waals surface area contributed by atoms with E-state index in [0.29, 0.717) is 19.6 Å². The number of amides is 1. The lowest BCUT2D eigenvalue weighted by Crippen LogP contribution is -2.42. The fourth-order valence-corrected chi connectivity index (χ4v) is 3.12. The molecule has 0 spiro atoms. The van der Waals surface area contributed by atoms with Crippen molar-refractivity contribution in [3.8, 4) is 5.75 Å². The molecule has 5 nitrogen and oxygen atoms in total. The van der Waals surface area contributed by atoms with Crippen LogP contribution in [0.25, 0.3) is 0 Å². The van der Waals surface area contributed by atoms with E-state index in [0.717, 1.165) is 23.9 Å². The minimum Gasteiger partial charge on any atom is -0.492 e. The van der Waals surface area contributed by atoms with Gasteiger partial charge in [0.2, 0.25) is 0 Å². The maximum atomic E-state index is 12.4. The Hall–Kier alpha value is -1.59. The van der Waals surface area contributed by atoms with E-state index in [9.17, 15) is 4.79 Å². The van der Waals surface area contributed by atoms with E-state index in [-0.39, 0.29) is 5.91 Å². The van der Waals surface area contributed by atoms with Crippen LogP contribution in [0.2, 0.25) is 0 Å². The SMILES string of the molecule is CCO[C@](C)(CC)C(=O)Nc1ccc(OCCN2CCC(C)CC2)cc1. The Morgan fingerprint density at radius 3 is 2.46 bits per heavy atom. The van der Waals surface area contributed by atoms with Crippen LogP contribution in [0.1, 0.15) is 47.0 Å². The van der Waals surface area contributed by atoms with Gasteiger partial charge in [-0.1, -0.05) is 13.8 Å². The van der Waals surface area contributed by atoms with Crippen LogP contribution in [0.15, 0.2) is 24.3 Å². The number of likely N-dealkylation sites (tertiary alicyclic amines) is 1. The summed E-state index contributed by atoms with van der Waals surface area (Å²) in [4.78, 5) is 14.9. The monoisotopic (exact) mass is 362 g/mol.